The van der Waals surface area contributed by atoms with Crippen molar-refractivity contribution in [1.29, 1.82) is 0 Å². The highest BCUT2D eigenvalue weighted by molar-refractivity contribution is 5.98. The third kappa shape index (κ3) is 3.85. The van der Waals surface area contributed by atoms with E-state index < -0.39 is 29.3 Å². The van der Waals surface area contributed by atoms with Crippen LogP contribution in [0, 0.1) is 0 Å². The van der Waals surface area contributed by atoms with Crippen molar-refractivity contribution in [3.8, 4) is 0 Å². The molecule has 0 radical (unpaired) electrons. The molecule has 0 heterocycles. The summed E-state index contributed by atoms with van der Waals surface area (Å²) in [6, 6.07) is 10.9. The van der Waals surface area contributed by atoms with Crippen LogP contribution >= 0.6 is 0 Å². The summed E-state index contributed by atoms with van der Waals surface area (Å²) in [5.41, 5.74) is -2.83. The molecule has 0 fully saturated rings. The van der Waals surface area contributed by atoms with Crippen LogP contribution in [0.1, 0.15) is 51.1 Å². The van der Waals surface area contributed by atoms with Crippen molar-refractivity contribution in [2.24, 2.45) is 0 Å². The second-order valence-electron chi connectivity index (χ2n) is 6.16. The van der Waals surface area contributed by atoms with Gasteiger partial charge in [0, 0.05) is 6.42 Å². The number of hydrogen-bond donors (Lipinski definition) is 4. The molecule has 0 saturated heterocycles. The standard InChI is InChI=1S/C20H18O8/c21-16(22)10-5-11-20(19(27)28,14-8-3-1-6-12(14)17(23)24)15-9-4-2-7-13(15)18(25)26/h1-4,6-9H,5,10-11H2,(H,21,22)(H,23,24)(H,25,26)(H,27,28). The van der Waals surface area contributed by atoms with E-state index in [-0.39, 0.29) is 41.5 Å². The average molecular weight is 386 g/mol. The van der Waals surface area contributed by atoms with Crippen LogP contribution in [-0.2, 0) is 15.0 Å². The molecule has 4 N–H and O–H groups in total. The van der Waals surface area contributed by atoms with Crippen LogP contribution in [0.15, 0.2) is 48.5 Å². The van der Waals surface area contributed by atoms with E-state index in [0.717, 1.165) is 0 Å². The second-order valence-corrected chi connectivity index (χ2v) is 6.16. The number of rotatable bonds is 9. The normalized spacial score (nSPS) is 11.0. The first-order valence-corrected chi connectivity index (χ1v) is 8.32. The fraction of sp³-hybridized carbons (Fsp3) is 0.200. The molecule has 8 nitrogen and oxygen atoms in total. The molecule has 0 aliphatic carbocycles. The first-order chi connectivity index (χ1) is 13.2. The molecule has 0 saturated carbocycles. The summed E-state index contributed by atoms with van der Waals surface area (Å²) < 4.78 is 0. The van der Waals surface area contributed by atoms with Gasteiger partial charge in [0.15, 0.2) is 0 Å². The van der Waals surface area contributed by atoms with E-state index in [9.17, 15) is 34.5 Å². The Morgan fingerprint density at radius 2 is 1.14 bits per heavy atom. The van der Waals surface area contributed by atoms with Gasteiger partial charge in [-0.3, -0.25) is 9.59 Å². The van der Waals surface area contributed by atoms with Gasteiger partial charge in [0.2, 0.25) is 0 Å². The highest BCUT2D eigenvalue weighted by Gasteiger charge is 2.46. The summed E-state index contributed by atoms with van der Waals surface area (Å²) in [6.45, 7) is 0. The maximum Gasteiger partial charge on any atom is 0.336 e. The zero-order valence-electron chi connectivity index (χ0n) is 14.7. The number of aromatic carboxylic acids is 2. The first kappa shape index (κ1) is 20.6. The van der Waals surface area contributed by atoms with Crippen molar-refractivity contribution >= 4 is 23.9 Å². The summed E-state index contributed by atoms with van der Waals surface area (Å²) in [5, 5.41) is 38.2. The molecule has 0 amide bonds. The van der Waals surface area contributed by atoms with Gasteiger partial charge in [-0.25, -0.2) is 9.59 Å². The maximum atomic E-state index is 12.5. The molecule has 8 heteroatoms. The number of carboxylic acid groups (broad SMARTS) is 4. The van der Waals surface area contributed by atoms with Crippen molar-refractivity contribution in [1.82, 2.24) is 0 Å². The van der Waals surface area contributed by atoms with Crippen LogP contribution in [0.3, 0.4) is 0 Å². The van der Waals surface area contributed by atoms with Gasteiger partial charge in [-0.05, 0) is 36.1 Å². The third-order valence-electron chi connectivity index (χ3n) is 4.54. The molecule has 0 atom stereocenters. The van der Waals surface area contributed by atoms with Gasteiger partial charge >= 0.3 is 23.9 Å². The Bertz CT molecular complexity index is 874. The Morgan fingerprint density at radius 1 is 0.714 bits per heavy atom. The minimum absolute atomic E-state index is 0.0937. The van der Waals surface area contributed by atoms with Crippen molar-refractivity contribution in [2.75, 3.05) is 0 Å². The van der Waals surface area contributed by atoms with Crippen LogP contribution in [0.5, 0.6) is 0 Å². The minimum Gasteiger partial charge on any atom is -0.481 e. The summed E-state index contributed by atoms with van der Waals surface area (Å²) in [6.07, 6.45) is -0.730. The van der Waals surface area contributed by atoms with E-state index in [1.54, 1.807) is 0 Å². The van der Waals surface area contributed by atoms with E-state index in [4.69, 9.17) is 5.11 Å². The van der Waals surface area contributed by atoms with Crippen LogP contribution in [0.4, 0.5) is 0 Å². The van der Waals surface area contributed by atoms with Crippen LogP contribution < -0.4 is 0 Å². The Balaban J connectivity index is 2.85. The number of hydrogen-bond acceptors (Lipinski definition) is 4. The Hall–Kier alpha value is -3.68. The Labute approximate surface area is 159 Å². The number of aliphatic carboxylic acids is 2. The molecule has 2 aromatic carbocycles. The third-order valence-corrected chi connectivity index (χ3v) is 4.54. The summed E-state index contributed by atoms with van der Waals surface area (Å²) in [7, 11) is 0. The van der Waals surface area contributed by atoms with E-state index in [1.807, 2.05) is 0 Å². The van der Waals surface area contributed by atoms with Crippen molar-refractivity contribution in [3.05, 3.63) is 70.8 Å². The Morgan fingerprint density at radius 3 is 1.50 bits per heavy atom. The molecule has 0 unspecified atom stereocenters. The monoisotopic (exact) mass is 386 g/mol. The number of carbonyl (C=O) groups is 4. The summed E-state index contributed by atoms with van der Waals surface area (Å²) >= 11 is 0. The van der Waals surface area contributed by atoms with E-state index in [1.165, 1.54) is 48.5 Å². The smallest absolute Gasteiger partial charge is 0.336 e. The van der Waals surface area contributed by atoms with Crippen molar-refractivity contribution in [3.63, 3.8) is 0 Å². The van der Waals surface area contributed by atoms with Gasteiger partial charge in [0.05, 0.1) is 11.1 Å². The van der Waals surface area contributed by atoms with Crippen LogP contribution in [0.25, 0.3) is 0 Å². The first-order valence-electron chi connectivity index (χ1n) is 8.32. The second kappa shape index (κ2) is 8.34. The molecule has 146 valence electrons. The predicted molar refractivity (Wildman–Crippen MR) is 96.7 cm³/mol. The lowest BCUT2D eigenvalue weighted by Crippen LogP contribution is -2.40. The van der Waals surface area contributed by atoms with Gasteiger partial charge in [0.1, 0.15) is 5.41 Å². The van der Waals surface area contributed by atoms with E-state index in [0.29, 0.717) is 0 Å². The molecular weight excluding hydrogens is 368 g/mol. The zero-order valence-corrected chi connectivity index (χ0v) is 14.7. The lowest BCUT2D eigenvalue weighted by atomic mass is 9.68. The topological polar surface area (TPSA) is 149 Å². The van der Waals surface area contributed by atoms with Gasteiger partial charge in [-0.15, -0.1) is 0 Å². The Kier molecular flexibility index (Phi) is 6.15. The fourth-order valence-electron chi connectivity index (χ4n) is 3.34. The lowest BCUT2D eigenvalue weighted by Gasteiger charge is -2.33. The van der Waals surface area contributed by atoms with Gasteiger partial charge < -0.3 is 20.4 Å². The highest BCUT2D eigenvalue weighted by Crippen LogP contribution is 2.41. The molecule has 0 spiro atoms. The van der Waals surface area contributed by atoms with Gasteiger partial charge in [-0.2, -0.15) is 0 Å². The fourth-order valence-corrected chi connectivity index (χ4v) is 3.34. The largest absolute Gasteiger partial charge is 0.481 e. The quantitative estimate of drug-likeness (QED) is 0.514. The van der Waals surface area contributed by atoms with Crippen LogP contribution in [-0.4, -0.2) is 44.3 Å². The van der Waals surface area contributed by atoms with Crippen molar-refractivity contribution in [2.45, 2.75) is 24.7 Å². The predicted octanol–water partition coefficient (Wildman–Crippen LogP) is 2.71. The van der Waals surface area contributed by atoms with Crippen molar-refractivity contribution < 1.29 is 39.6 Å². The lowest BCUT2D eigenvalue weighted by molar-refractivity contribution is -0.143. The number of carboxylic acids is 4. The molecule has 0 aliphatic heterocycles. The van der Waals surface area contributed by atoms with Crippen LogP contribution in [0.2, 0.25) is 0 Å². The molecular formula is C20H18O8. The van der Waals surface area contributed by atoms with Gasteiger partial charge in [0.25, 0.3) is 0 Å². The van der Waals surface area contributed by atoms with E-state index >= 15 is 0 Å². The molecule has 0 aliphatic rings. The summed E-state index contributed by atoms with van der Waals surface area (Å²) in [5.74, 6) is -5.34. The van der Waals surface area contributed by atoms with Gasteiger partial charge in [-0.1, -0.05) is 36.4 Å². The minimum atomic E-state index is -2.04. The van der Waals surface area contributed by atoms with E-state index in [2.05, 4.69) is 0 Å². The molecule has 0 bridgehead atoms. The molecule has 2 aromatic rings. The average Bonchev–Trinajstić information content (AvgIpc) is 2.65. The number of benzene rings is 2. The summed E-state index contributed by atoms with van der Waals surface area (Å²) in [4.78, 5) is 46.9. The highest BCUT2D eigenvalue weighted by atomic mass is 16.4. The molecule has 2 rings (SSSR count). The molecule has 0 aromatic heterocycles. The SMILES string of the molecule is O=C(O)CCCC(C(=O)O)(c1ccccc1C(=O)O)c1ccccc1C(=O)O. The molecule has 28 heavy (non-hydrogen) atoms. The zero-order chi connectivity index (χ0) is 20.9. The maximum absolute atomic E-state index is 12.5.